The van der Waals surface area contributed by atoms with Gasteiger partial charge in [0.2, 0.25) is 17.7 Å². The number of hydrogen-bond acceptors (Lipinski definition) is 6. The van der Waals surface area contributed by atoms with Gasteiger partial charge in [0.05, 0.1) is 22.3 Å². The number of thioether (sulfide) groups is 1. The van der Waals surface area contributed by atoms with E-state index >= 15 is 0 Å². The highest BCUT2D eigenvalue weighted by atomic mass is 35.5. The molecule has 1 aliphatic rings. The summed E-state index contributed by atoms with van der Waals surface area (Å²) in [5, 5.41) is 11.7. The van der Waals surface area contributed by atoms with E-state index in [9.17, 15) is 9.59 Å². The van der Waals surface area contributed by atoms with Crippen LogP contribution in [0, 0.1) is 0 Å². The van der Waals surface area contributed by atoms with Crippen LogP contribution in [0.1, 0.15) is 24.7 Å². The van der Waals surface area contributed by atoms with Gasteiger partial charge in [0.1, 0.15) is 0 Å². The third kappa shape index (κ3) is 5.12. The smallest absolute Gasteiger partial charge is 0.277 e. The minimum Gasteiger partial charge on any atom is -0.416 e. The van der Waals surface area contributed by atoms with Gasteiger partial charge < -0.3 is 14.6 Å². The maximum absolute atomic E-state index is 12.2. The van der Waals surface area contributed by atoms with E-state index in [0.717, 1.165) is 24.6 Å². The number of rotatable bonds is 7. The molecular weight excluding hydrogens is 399 g/mol. The van der Waals surface area contributed by atoms with E-state index in [1.54, 1.807) is 25.2 Å². The summed E-state index contributed by atoms with van der Waals surface area (Å²) >= 11 is 12.9. The van der Waals surface area contributed by atoms with Crippen molar-refractivity contribution < 1.29 is 14.0 Å². The van der Waals surface area contributed by atoms with Gasteiger partial charge in [-0.1, -0.05) is 35.0 Å². The molecule has 1 aromatic carbocycles. The van der Waals surface area contributed by atoms with Crippen LogP contribution in [0.15, 0.2) is 27.8 Å². The van der Waals surface area contributed by atoms with Crippen molar-refractivity contribution >= 4 is 52.5 Å². The summed E-state index contributed by atoms with van der Waals surface area (Å²) in [6.07, 6.45) is 2.14. The van der Waals surface area contributed by atoms with Crippen LogP contribution < -0.4 is 5.32 Å². The third-order valence-electron chi connectivity index (χ3n) is 3.68. The number of carbonyl (C=O) groups excluding carboxylic acids is 2. The molecular formula is C16H16Cl2N4O3S. The van der Waals surface area contributed by atoms with Gasteiger partial charge in [-0.3, -0.25) is 9.59 Å². The lowest BCUT2D eigenvalue weighted by atomic mass is 10.3. The van der Waals surface area contributed by atoms with Crippen LogP contribution in [-0.4, -0.2) is 46.3 Å². The number of likely N-dealkylation sites (N-methyl/N-ethyl adjacent to an activating group) is 1. The van der Waals surface area contributed by atoms with Gasteiger partial charge in [-0.15, -0.1) is 10.2 Å². The first-order valence-corrected chi connectivity index (χ1v) is 9.61. The number of nitrogens with zero attached hydrogens (tertiary/aromatic N) is 3. The molecule has 138 valence electrons. The summed E-state index contributed by atoms with van der Waals surface area (Å²) in [6, 6.07) is 4.77. The Bertz CT molecular complexity index is 826. The van der Waals surface area contributed by atoms with Crippen molar-refractivity contribution in [1.29, 1.82) is 0 Å². The van der Waals surface area contributed by atoms with E-state index in [1.165, 1.54) is 4.90 Å². The molecule has 7 nitrogen and oxygen atoms in total. The highest BCUT2D eigenvalue weighted by Gasteiger charge is 2.29. The minimum atomic E-state index is -0.335. The zero-order chi connectivity index (χ0) is 18.7. The summed E-state index contributed by atoms with van der Waals surface area (Å²) in [4.78, 5) is 25.5. The second-order valence-corrected chi connectivity index (χ2v) is 7.64. The highest BCUT2D eigenvalue weighted by molar-refractivity contribution is 7.99. The van der Waals surface area contributed by atoms with E-state index in [4.69, 9.17) is 27.6 Å². The van der Waals surface area contributed by atoms with Crippen molar-refractivity contribution in [3.05, 3.63) is 34.1 Å². The average molecular weight is 415 g/mol. The molecule has 0 saturated heterocycles. The molecule has 2 aromatic rings. The topological polar surface area (TPSA) is 88.3 Å². The molecule has 1 fully saturated rings. The van der Waals surface area contributed by atoms with Crippen LogP contribution in [0.2, 0.25) is 10.0 Å². The van der Waals surface area contributed by atoms with E-state index in [1.807, 2.05) is 0 Å². The van der Waals surface area contributed by atoms with E-state index in [2.05, 4.69) is 15.5 Å². The molecule has 0 aliphatic heterocycles. The molecule has 26 heavy (non-hydrogen) atoms. The molecule has 1 aromatic heterocycles. The average Bonchev–Trinajstić information content (AvgIpc) is 3.34. The first-order chi connectivity index (χ1) is 12.4. The monoisotopic (exact) mass is 414 g/mol. The standard InChI is InChI=1S/C16H16Cl2N4O3S/c1-22(7-13(23)19-10-4-5-11(17)12(18)6-10)14(24)8-26-16-21-20-15(25-16)9-2-3-9/h4-6,9H,2-3,7-8H2,1H3,(H,19,23). The van der Waals surface area contributed by atoms with Crippen LogP contribution in [0.5, 0.6) is 0 Å². The lowest BCUT2D eigenvalue weighted by molar-refractivity contribution is -0.131. The first kappa shape index (κ1) is 19.0. The Morgan fingerprint density at radius 2 is 2.08 bits per heavy atom. The Hall–Kier alpha value is -1.77. The van der Waals surface area contributed by atoms with Crippen LogP contribution in [-0.2, 0) is 9.59 Å². The molecule has 2 amide bonds. The molecule has 10 heteroatoms. The maximum Gasteiger partial charge on any atom is 0.277 e. The van der Waals surface area contributed by atoms with Gasteiger partial charge in [0.15, 0.2) is 0 Å². The lowest BCUT2D eigenvalue weighted by Gasteiger charge is -2.16. The van der Waals surface area contributed by atoms with Crippen molar-refractivity contribution in [1.82, 2.24) is 15.1 Å². The summed E-state index contributed by atoms with van der Waals surface area (Å²) in [6.45, 7) is -0.0865. The van der Waals surface area contributed by atoms with Gasteiger partial charge in [-0.2, -0.15) is 0 Å². The van der Waals surface area contributed by atoms with E-state index < -0.39 is 0 Å². The summed E-state index contributed by atoms with van der Waals surface area (Å²) in [5.74, 6) is 0.571. The largest absolute Gasteiger partial charge is 0.416 e. The van der Waals surface area contributed by atoms with Crippen LogP contribution in [0.25, 0.3) is 0 Å². The number of aromatic nitrogens is 2. The van der Waals surface area contributed by atoms with Crippen molar-refractivity contribution in [2.24, 2.45) is 0 Å². The molecule has 1 N–H and O–H groups in total. The van der Waals surface area contributed by atoms with Gasteiger partial charge in [-0.05, 0) is 31.0 Å². The Labute approximate surface area is 164 Å². The number of amides is 2. The highest BCUT2D eigenvalue weighted by Crippen LogP contribution is 2.39. The zero-order valence-electron chi connectivity index (χ0n) is 13.9. The third-order valence-corrected chi connectivity index (χ3v) is 5.22. The number of halogens is 2. The predicted molar refractivity (Wildman–Crippen MR) is 99.7 cm³/mol. The Kier molecular flexibility index (Phi) is 6.05. The minimum absolute atomic E-state index is 0.0865. The summed E-state index contributed by atoms with van der Waals surface area (Å²) < 4.78 is 5.49. The van der Waals surface area contributed by atoms with Crippen molar-refractivity contribution in [3.8, 4) is 0 Å². The zero-order valence-corrected chi connectivity index (χ0v) is 16.2. The molecule has 0 radical (unpaired) electrons. The number of nitrogens with one attached hydrogen (secondary N) is 1. The molecule has 0 unspecified atom stereocenters. The second-order valence-electron chi connectivity index (χ2n) is 5.90. The fraction of sp³-hybridized carbons (Fsp3) is 0.375. The molecule has 1 aliphatic carbocycles. The molecule has 0 atom stereocenters. The number of anilines is 1. The van der Waals surface area contributed by atoms with Gasteiger partial charge in [0.25, 0.3) is 5.22 Å². The summed E-state index contributed by atoms with van der Waals surface area (Å²) in [5.41, 5.74) is 0.512. The Morgan fingerprint density at radius 1 is 1.31 bits per heavy atom. The number of hydrogen-bond donors (Lipinski definition) is 1. The Balaban J connectivity index is 1.44. The predicted octanol–water partition coefficient (Wildman–Crippen LogP) is 3.44. The molecule has 1 heterocycles. The molecule has 0 bridgehead atoms. The van der Waals surface area contributed by atoms with Gasteiger partial charge in [0, 0.05) is 18.7 Å². The Morgan fingerprint density at radius 3 is 2.77 bits per heavy atom. The SMILES string of the molecule is CN(CC(=O)Nc1ccc(Cl)c(Cl)c1)C(=O)CSc1nnc(C2CC2)o1. The number of carbonyl (C=O) groups is 2. The summed E-state index contributed by atoms with van der Waals surface area (Å²) in [7, 11) is 1.56. The van der Waals surface area contributed by atoms with Crippen molar-refractivity contribution in [3.63, 3.8) is 0 Å². The lowest BCUT2D eigenvalue weighted by Crippen LogP contribution is -2.35. The van der Waals surface area contributed by atoms with Crippen molar-refractivity contribution in [2.45, 2.75) is 24.0 Å². The second kappa shape index (κ2) is 8.28. The fourth-order valence-electron chi connectivity index (χ4n) is 2.09. The van der Waals surface area contributed by atoms with Crippen LogP contribution in [0.4, 0.5) is 5.69 Å². The molecule has 3 rings (SSSR count). The normalized spacial score (nSPS) is 13.5. The quantitative estimate of drug-likeness (QED) is 0.697. The number of benzene rings is 1. The molecule has 1 saturated carbocycles. The van der Waals surface area contributed by atoms with E-state index in [0.29, 0.717) is 32.8 Å². The first-order valence-electron chi connectivity index (χ1n) is 7.87. The van der Waals surface area contributed by atoms with Gasteiger partial charge >= 0.3 is 0 Å². The van der Waals surface area contributed by atoms with Crippen molar-refractivity contribution in [2.75, 3.05) is 24.7 Å². The molecule has 0 spiro atoms. The fourth-order valence-corrected chi connectivity index (χ4v) is 3.09. The van der Waals surface area contributed by atoms with Crippen LogP contribution in [0.3, 0.4) is 0 Å². The maximum atomic E-state index is 12.2. The van der Waals surface area contributed by atoms with Gasteiger partial charge in [-0.25, -0.2) is 0 Å². The van der Waals surface area contributed by atoms with Crippen LogP contribution >= 0.6 is 35.0 Å². The van der Waals surface area contributed by atoms with E-state index in [-0.39, 0.29) is 24.1 Å².